The molecule has 2 aliphatic heterocycles. The van der Waals surface area contributed by atoms with Gasteiger partial charge in [0, 0.05) is 18.5 Å². The predicted molar refractivity (Wildman–Crippen MR) is 114 cm³/mol. The van der Waals surface area contributed by atoms with Crippen LogP contribution < -0.4 is 9.47 Å². The van der Waals surface area contributed by atoms with Gasteiger partial charge in [0.1, 0.15) is 6.54 Å². The van der Waals surface area contributed by atoms with Gasteiger partial charge in [-0.15, -0.1) is 10.2 Å². The summed E-state index contributed by atoms with van der Waals surface area (Å²) in [5.41, 5.74) is 3.12. The topological polar surface area (TPSA) is 82.4 Å². The van der Waals surface area contributed by atoms with Crippen LogP contribution in [0.3, 0.4) is 0 Å². The molecule has 3 heterocycles. The van der Waals surface area contributed by atoms with E-state index in [9.17, 15) is 4.79 Å². The summed E-state index contributed by atoms with van der Waals surface area (Å²) in [6.07, 6.45) is 2.75. The van der Waals surface area contributed by atoms with Crippen LogP contribution >= 0.6 is 0 Å². The third kappa shape index (κ3) is 4.10. The van der Waals surface area contributed by atoms with Crippen LogP contribution in [0.15, 0.2) is 42.5 Å². The van der Waals surface area contributed by atoms with E-state index < -0.39 is 0 Å². The summed E-state index contributed by atoms with van der Waals surface area (Å²) in [5, 5.41) is 12.6. The van der Waals surface area contributed by atoms with E-state index in [0.29, 0.717) is 19.0 Å². The molecule has 0 bridgehead atoms. The van der Waals surface area contributed by atoms with Crippen LogP contribution in [-0.4, -0.2) is 50.8 Å². The molecule has 31 heavy (non-hydrogen) atoms. The van der Waals surface area contributed by atoms with E-state index in [1.807, 2.05) is 54.3 Å². The molecule has 2 aliphatic rings. The van der Waals surface area contributed by atoms with Crippen molar-refractivity contribution in [3.05, 3.63) is 53.6 Å². The van der Waals surface area contributed by atoms with Gasteiger partial charge in [-0.05, 0) is 42.7 Å². The smallest absolute Gasteiger partial charge is 0.246 e. The van der Waals surface area contributed by atoms with Crippen LogP contribution in [0.2, 0.25) is 0 Å². The maximum Gasteiger partial charge on any atom is 0.246 e. The van der Waals surface area contributed by atoms with Crippen molar-refractivity contribution in [2.24, 2.45) is 0 Å². The number of ether oxygens (including phenoxy) is 2. The fourth-order valence-electron chi connectivity index (χ4n) is 4.14. The van der Waals surface area contributed by atoms with Gasteiger partial charge >= 0.3 is 0 Å². The Balaban J connectivity index is 1.30. The molecular weight excluding hydrogens is 394 g/mol. The minimum Gasteiger partial charge on any atom is -0.490 e. The molecule has 1 amide bonds. The lowest BCUT2D eigenvalue weighted by Crippen LogP contribution is -2.34. The number of fused-ring (bicyclic) bond motifs is 1. The summed E-state index contributed by atoms with van der Waals surface area (Å²) in [6, 6.07) is 13.9. The Hall–Kier alpha value is -3.42. The molecule has 0 saturated carbocycles. The van der Waals surface area contributed by atoms with Gasteiger partial charge in [0.2, 0.25) is 11.7 Å². The van der Waals surface area contributed by atoms with Crippen molar-refractivity contribution in [1.29, 1.82) is 0 Å². The first-order valence-corrected chi connectivity index (χ1v) is 10.7. The number of amides is 1. The van der Waals surface area contributed by atoms with Crippen molar-refractivity contribution in [3.63, 3.8) is 0 Å². The number of nitrogens with zero attached hydrogens (tertiary/aromatic N) is 5. The van der Waals surface area contributed by atoms with Crippen molar-refractivity contribution in [1.82, 2.24) is 25.1 Å². The Morgan fingerprint density at radius 3 is 2.71 bits per heavy atom. The van der Waals surface area contributed by atoms with Crippen molar-refractivity contribution >= 4 is 5.91 Å². The zero-order valence-electron chi connectivity index (χ0n) is 17.5. The van der Waals surface area contributed by atoms with Gasteiger partial charge < -0.3 is 14.4 Å². The Bertz CT molecular complexity index is 1080. The molecule has 2 aromatic carbocycles. The maximum atomic E-state index is 13.1. The third-order valence-electron chi connectivity index (χ3n) is 5.77. The van der Waals surface area contributed by atoms with E-state index in [4.69, 9.17) is 9.47 Å². The summed E-state index contributed by atoms with van der Waals surface area (Å²) in [6.45, 7) is 4.13. The fraction of sp³-hybridized carbons (Fsp3) is 0.391. The average Bonchev–Trinajstić information content (AvgIpc) is 3.39. The van der Waals surface area contributed by atoms with Crippen LogP contribution in [0.1, 0.15) is 36.4 Å². The quantitative estimate of drug-likeness (QED) is 0.646. The highest BCUT2D eigenvalue weighted by Crippen LogP contribution is 2.38. The lowest BCUT2D eigenvalue weighted by molar-refractivity contribution is -0.133. The zero-order chi connectivity index (χ0) is 21.2. The molecule has 3 aromatic rings. The number of carbonyl (C=O) groups excluding carboxylic acids is 1. The molecule has 1 fully saturated rings. The standard InChI is InChI=1S/C23H25N5O3/c1-16-5-7-17(8-6-16)23-24-26-28(25-23)15-22(29)27-11-2-4-19(27)18-9-10-20-21(14-18)31-13-3-12-30-20/h5-10,14,19H,2-4,11-13,15H2,1H3. The molecule has 160 valence electrons. The van der Waals surface area contributed by atoms with E-state index in [2.05, 4.69) is 15.4 Å². The zero-order valence-corrected chi connectivity index (χ0v) is 17.5. The number of benzene rings is 2. The first-order valence-electron chi connectivity index (χ1n) is 10.7. The number of likely N-dealkylation sites (tertiary alicyclic amines) is 1. The highest BCUT2D eigenvalue weighted by atomic mass is 16.5. The average molecular weight is 419 g/mol. The lowest BCUT2D eigenvalue weighted by atomic mass is 10.0. The summed E-state index contributed by atoms with van der Waals surface area (Å²) in [7, 11) is 0. The SMILES string of the molecule is Cc1ccc(-c2nnn(CC(=O)N3CCCC3c3ccc4c(c3)OCCCO4)n2)cc1. The van der Waals surface area contributed by atoms with Gasteiger partial charge in [-0.1, -0.05) is 35.9 Å². The van der Waals surface area contributed by atoms with Gasteiger partial charge in [0.05, 0.1) is 19.3 Å². The molecule has 0 N–H and O–H groups in total. The van der Waals surface area contributed by atoms with Gasteiger partial charge in [-0.2, -0.15) is 4.80 Å². The van der Waals surface area contributed by atoms with E-state index in [0.717, 1.165) is 48.4 Å². The molecular formula is C23H25N5O3. The van der Waals surface area contributed by atoms with Crippen LogP contribution in [-0.2, 0) is 11.3 Å². The Morgan fingerprint density at radius 2 is 1.87 bits per heavy atom. The van der Waals surface area contributed by atoms with Gasteiger partial charge in [0.25, 0.3) is 0 Å². The molecule has 0 spiro atoms. The molecule has 1 atom stereocenters. The first kappa shape index (κ1) is 19.5. The van der Waals surface area contributed by atoms with Gasteiger partial charge in [-0.25, -0.2) is 0 Å². The summed E-state index contributed by atoms with van der Waals surface area (Å²) < 4.78 is 11.6. The van der Waals surface area contributed by atoms with Gasteiger partial charge in [0.15, 0.2) is 11.5 Å². The third-order valence-corrected chi connectivity index (χ3v) is 5.77. The second-order valence-corrected chi connectivity index (χ2v) is 8.01. The summed E-state index contributed by atoms with van der Waals surface area (Å²) >= 11 is 0. The molecule has 1 aromatic heterocycles. The predicted octanol–water partition coefficient (Wildman–Crippen LogP) is 3.17. The molecule has 0 radical (unpaired) electrons. The van der Waals surface area contributed by atoms with E-state index in [1.165, 1.54) is 10.4 Å². The minimum atomic E-state index is -0.0116. The monoisotopic (exact) mass is 419 g/mol. The first-order chi connectivity index (χ1) is 15.2. The number of rotatable bonds is 4. The number of carbonyl (C=O) groups is 1. The van der Waals surface area contributed by atoms with Crippen molar-refractivity contribution < 1.29 is 14.3 Å². The number of hydrogen-bond donors (Lipinski definition) is 0. The normalized spacial score (nSPS) is 18.1. The van der Waals surface area contributed by atoms with Crippen molar-refractivity contribution in [3.8, 4) is 22.9 Å². The summed E-state index contributed by atoms with van der Waals surface area (Å²) in [5.74, 6) is 2.04. The molecule has 8 nitrogen and oxygen atoms in total. The summed E-state index contributed by atoms with van der Waals surface area (Å²) in [4.78, 5) is 16.4. The fourth-order valence-corrected chi connectivity index (χ4v) is 4.14. The lowest BCUT2D eigenvalue weighted by Gasteiger charge is -2.25. The van der Waals surface area contributed by atoms with Crippen LogP contribution in [0.25, 0.3) is 11.4 Å². The van der Waals surface area contributed by atoms with Crippen molar-refractivity contribution in [2.45, 2.75) is 38.8 Å². The minimum absolute atomic E-state index is 0.0116. The maximum absolute atomic E-state index is 13.1. The van der Waals surface area contributed by atoms with E-state index in [-0.39, 0.29) is 18.5 Å². The Labute approximate surface area is 180 Å². The second-order valence-electron chi connectivity index (χ2n) is 8.01. The highest BCUT2D eigenvalue weighted by molar-refractivity contribution is 5.76. The number of tetrazole rings is 1. The number of aryl methyl sites for hydroxylation is 1. The largest absolute Gasteiger partial charge is 0.490 e. The van der Waals surface area contributed by atoms with E-state index in [1.54, 1.807) is 0 Å². The van der Waals surface area contributed by atoms with E-state index >= 15 is 0 Å². The number of hydrogen-bond acceptors (Lipinski definition) is 6. The van der Waals surface area contributed by atoms with Crippen LogP contribution in [0.4, 0.5) is 0 Å². The molecule has 1 unspecified atom stereocenters. The second kappa shape index (κ2) is 8.37. The highest BCUT2D eigenvalue weighted by Gasteiger charge is 2.31. The van der Waals surface area contributed by atoms with Crippen LogP contribution in [0.5, 0.6) is 11.5 Å². The molecule has 0 aliphatic carbocycles. The molecule has 5 rings (SSSR count). The Kier molecular flexibility index (Phi) is 5.28. The van der Waals surface area contributed by atoms with Crippen molar-refractivity contribution in [2.75, 3.05) is 19.8 Å². The molecule has 1 saturated heterocycles. The van der Waals surface area contributed by atoms with Crippen LogP contribution in [0, 0.1) is 6.92 Å². The van der Waals surface area contributed by atoms with Gasteiger partial charge in [-0.3, -0.25) is 4.79 Å². The Morgan fingerprint density at radius 1 is 1.06 bits per heavy atom. The number of aromatic nitrogens is 4. The molecule has 8 heteroatoms.